The van der Waals surface area contributed by atoms with Gasteiger partial charge in [-0.2, -0.15) is 0 Å². The highest BCUT2D eigenvalue weighted by atomic mass is 35.5. The number of hydrogen-bond acceptors (Lipinski definition) is 8. The van der Waals surface area contributed by atoms with Gasteiger partial charge in [0, 0.05) is 48.5 Å². The second-order valence-corrected chi connectivity index (χ2v) is 8.18. The number of aliphatic hydroxyl groups excluding tert-OH is 1. The lowest BCUT2D eigenvalue weighted by Crippen LogP contribution is -2.28. The van der Waals surface area contributed by atoms with E-state index in [2.05, 4.69) is 20.6 Å². The predicted molar refractivity (Wildman–Crippen MR) is 135 cm³/mol. The van der Waals surface area contributed by atoms with E-state index in [-0.39, 0.29) is 12.6 Å². The minimum Gasteiger partial charge on any atom is -0.394 e. The molecule has 0 aliphatic rings. The third-order valence-electron chi connectivity index (χ3n) is 5.41. The van der Waals surface area contributed by atoms with Gasteiger partial charge in [0.15, 0.2) is 0 Å². The van der Waals surface area contributed by atoms with Crippen molar-refractivity contribution in [1.29, 1.82) is 5.41 Å². The molecule has 2 aromatic heterocycles. The number of aliphatic hydroxyl groups is 1. The van der Waals surface area contributed by atoms with Crippen LogP contribution in [-0.2, 0) is 11.3 Å². The normalized spacial score (nSPS) is 12.5. The summed E-state index contributed by atoms with van der Waals surface area (Å²) in [7, 11) is 3.62. The van der Waals surface area contributed by atoms with Gasteiger partial charge in [-0.05, 0) is 49.4 Å². The molecule has 1 aromatic carbocycles. The van der Waals surface area contributed by atoms with Crippen molar-refractivity contribution in [3.63, 3.8) is 0 Å². The molecule has 1 atom stereocenters. The molecule has 3 aromatic rings. The Morgan fingerprint density at radius 2 is 2.18 bits per heavy atom. The van der Waals surface area contributed by atoms with Crippen LogP contribution in [0.25, 0.3) is 11.3 Å². The van der Waals surface area contributed by atoms with E-state index in [0.717, 1.165) is 35.0 Å². The first-order valence-corrected chi connectivity index (χ1v) is 11.0. The Morgan fingerprint density at radius 1 is 1.38 bits per heavy atom. The molecule has 0 bridgehead atoms. The van der Waals surface area contributed by atoms with Gasteiger partial charge in [0.2, 0.25) is 12.4 Å². The summed E-state index contributed by atoms with van der Waals surface area (Å²) in [5, 5.41) is 23.8. The molecule has 2 heterocycles. The van der Waals surface area contributed by atoms with Crippen molar-refractivity contribution in [3.8, 4) is 11.3 Å². The Balaban J connectivity index is 1.89. The highest BCUT2D eigenvalue weighted by Crippen LogP contribution is 2.27. The van der Waals surface area contributed by atoms with Crippen molar-refractivity contribution in [1.82, 2.24) is 24.8 Å². The zero-order valence-corrected chi connectivity index (χ0v) is 20.0. The monoisotopic (exact) mass is 481 g/mol. The molecule has 0 amide bonds. The van der Waals surface area contributed by atoms with Crippen molar-refractivity contribution >= 4 is 30.2 Å². The van der Waals surface area contributed by atoms with Crippen molar-refractivity contribution < 1.29 is 9.90 Å². The Bertz CT molecular complexity index is 1190. The number of aromatic nitrogens is 3. The Hall–Kier alpha value is -3.53. The summed E-state index contributed by atoms with van der Waals surface area (Å²) >= 11 is 6.13. The first-order valence-electron chi connectivity index (χ1n) is 10.6. The quantitative estimate of drug-likeness (QED) is 0.245. The largest absolute Gasteiger partial charge is 0.394 e. The lowest BCUT2D eigenvalue weighted by molar-refractivity contribution is 0.141. The fourth-order valence-electron chi connectivity index (χ4n) is 3.64. The Kier molecular flexibility index (Phi) is 8.53. The van der Waals surface area contributed by atoms with Gasteiger partial charge in [0.05, 0.1) is 18.3 Å². The molecule has 3 rings (SSSR count). The topological polar surface area (TPSA) is 119 Å². The Labute approximate surface area is 203 Å². The van der Waals surface area contributed by atoms with E-state index in [4.69, 9.17) is 17.0 Å². The molecular weight excluding hydrogens is 454 g/mol. The first-order chi connectivity index (χ1) is 16.4. The van der Waals surface area contributed by atoms with Crippen LogP contribution in [0.15, 0.2) is 54.6 Å². The van der Waals surface area contributed by atoms with Crippen LogP contribution >= 0.6 is 11.6 Å². The number of allylic oxidation sites excluding steroid dienone is 1. The van der Waals surface area contributed by atoms with Gasteiger partial charge < -0.3 is 21.1 Å². The number of carbonyl (C=O) groups excluding carboxylic acids is 1. The van der Waals surface area contributed by atoms with Crippen LogP contribution in [0.1, 0.15) is 22.9 Å². The van der Waals surface area contributed by atoms with Crippen LogP contribution in [0.3, 0.4) is 0 Å². The van der Waals surface area contributed by atoms with Crippen LogP contribution in [0, 0.1) is 12.3 Å². The summed E-state index contributed by atoms with van der Waals surface area (Å²) in [5.74, 6) is 0.940. The van der Waals surface area contributed by atoms with Crippen LogP contribution < -0.4 is 10.6 Å². The number of aryl methyl sites for hydroxylation is 1. The molecule has 10 heteroatoms. The third-order valence-corrected chi connectivity index (χ3v) is 5.64. The van der Waals surface area contributed by atoms with E-state index < -0.39 is 0 Å². The number of nitrogens with one attached hydrogen (secondary N) is 3. The fraction of sp³-hybridized carbons (Fsp3) is 0.250. The van der Waals surface area contributed by atoms with Gasteiger partial charge in [-0.1, -0.05) is 23.7 Å². The molecule has 0 radical (unpaired) electrons. The van der Waals surface area contributed by atoms with E-state index in [9.17, 15) is 9.90 Å². The molecule has 4 N–H and O–H groups in total. The molecule has 0 fully saturated rings. The minimum atomic E-state index is -0.283. The van der Waals surface area contributed by atoms with E-state index in [1.807, 2.05) is 43.1 Å². The summed E-state index contributed by atoms with van der Waals surface area (Å²) in [6.45, 7) is 2.22. The summed E-state index contributed by atoms with van der Waals surface area (Å²) in [4.78, 5) is 22.7. The zero-order valence-electron chi connectivity index (χ0n) is 19.3. The van der Waals surface area contributed by atoms with Crippen molar-refractivity contribution in [2.45, 2.75) is 19.5 Å². The van der Waals surface area contributed by atoms with Gasteiger partial charge in [0.25, 0.3) is 0 Å². The van der Waals surface area contributed by atoms with Crippen molar-refractivity contribution in [3.05, 3.63) is 76.5 Å². The van der Waals surface area contributed by atoms with E-state index in [0.29, 0.717) is 29.0 Å². The van der Waals surface area contributed by atoms with Gasteiger partial charge in [-0.25, -0.2) is 9.97 Å². The lowest BCUT2D eigenvalue weighted by atomic mass is 10.1. The van der Waals surface area contributed by atoms with Gasteiger partial charge in [-0.15, -0.1) is 0 Å². The molecule has 9 nitrogen and oxygen atoms in total. The van der Waals surface area contributed by atoms with Gasteiger partial charge in [0.1, 0.15) is 5.82 Å². The van der Waals surface area contributed by atoms with Gasteiger partial charge >= 0.3 is 0 Å². The average Bonchev–Trinajstić information content (AvgIpc) is 3.22. The number of benzene rings is 1. The van der Waals surface area contributed by atoms with Crippen molar-refractivity contribution in [2.24, 2.45) is 0 Å². The number of carbonyl (C=O) groups is 1. The lowest BCUT2D eigenvalue weighted by Gasteiger charge is -2.27. The molecule has 0 spiro atoms. The number of hydrogen-bond donors (Lipinski definition) is 4. The SMILES string of the molecule is CN/C(=C\C=N)Nc1ncc(C)c(-c2cc(CN(C)[C@H](CO)c3cccc(Cl)c3)n(C=O)c2)n1. The molecule has 0 aliphatic carbocycles. The van der Waals surface area contributed by atoms with Crippen LogP contribution in [-0.4, -0.2) is 57.9 Å². The first kappa shape index (κ1) is 25.1. The third kappa shape index (κ3) is 5.88. The van der Waals surface area contributed by atoms with Crippen LogP contribution in [0.2, 0.25) is 5.02 Å². The molecular formula is C24H28ClN7O2. The van der Waals surface area contributed by atoms with Crippen molar-refractivity contribution in [2.75, 3.05) is 26.0 Å². The number of halogens is 1. The number of anilines is 1. The van der Waals surface area contributed by atoms with E-state index >= 15 is 0 Å². The molecule has 34 heavy (non-hydrogen) atoms. The second-order valence-electron chi connectivity index (χ2n) is 7.75. The summed E-state index contributed by atoms with van der Waals surface area (Å²) in [6.07, 6.45) is 6.89. The minimum absolute atomic E-state index is 0.0946. The van der Waals surface area contributed by atoms with Crippen LogP contribution in [0.4, 0.5) is 5.95 Å². The Morgan fingerprint density at radius 3 is 2.82 bits per heavy atom. The maximum absolute atomic E-state index is 11.8. The molecule has 178 valence electrons. The molecule has 0 saturated carbocycles. The zero-order chi connectivity index (χ0) is 24.7. The molecule has 0 aliphatic heterocycles. The average molecular weight is 482 g/mol. The maximum atomic E-state index is 11.8. The smallest absolute Gasteiger partial charge is 0.228 e. The van der Waals surface area contributed by atoms with Crippen LogP contribution in [0.5, 0.6) is 0 Å². The molecule has 0 unspecified atom stereocenters. The number of rotatable bonds is 11. The highest BCUT2D eigenvalue weighted by Gasteiger charge is 2.20. The predicted octanol–water partition coefficient (Wildman–Crippen LogP) is 3.23. The standard InChI is InChI=1S/C24H28ClN7O2/c1-16-11-28-24(29-22(27-2)7-8-26)30-23(16)18-10-20(32(12-18)15-34)13-31(3)21(14-33)17-5-4-6-19(25)9-17/h4-12,15,21,26-27,33H,13-14H2,1-3H3,(H,28,29,30)/b22-7+,26-8?/t21-/m1/s1. The molecule has 0 saturated heterocycles. The van der Waals surface area contributed by atoms with Gasteiger partial charge in [-0.3, -0.25) is 14.3 Å². The fourth-order valence-corrected chi connectivity index (χ4v) is 3.84. The second kappa shape index (κ2) is 11.6. The van der Waals surface area contributed by atoms with E-state index in [1.165, 1.54) is 4.57 Å². The number of likely N-dealkylation sites (N-methyl/N-ethyl adjacent to an activating group) is 1. The summed E-state index contributed by atoms with van der Waals surface area (Å²) < 4.78 is 1.51. The number of nitrogens with zero attached hydrogens (tertiary/aromatic N) is 4. The summed E-state index contributed by atoms with van der Waals surface area (Å²) in [5.41, 5.74) is 3.94. The maximum Gasteiger partial charge on any atom is 0.228 e. The highest BCUT2D eigenvalue weighted by molar-refractivity contribution is 6.30. The summed E-state index contributed by atoms with van der Waals surface area (Å²) in [6, 6.07) is 9.00. The van der Waals surface area contributed by atoms with E-state index in [1.54, 1.807) is 31.6 Å².